The van der Waals surface area contributed by atoms with Crippen LogP contribution in [0.3, 0.4) is 0 Å². The average molecular weight is 260 g/mol. The molecule has 0 radical (unpaired) electrons. The van der Waals surface area contributed by atoms with Crippen LogP contribution < -0.4 is 5.32 Å². The van der Waals surface area contributed by atoms with E-state index in [9.17, 15) is 0 Å². The summed E-state index contributed by atoms with van der Waals surface area (Å²) in [7, 11) is 3.99. The van der Waals surface area contributed by atoms with Crippen LogP contribution in [-0.4, -0.2) is 16.6 Å². The van der Waals surface area contributed by atoms with E-state index in [1.54, 1.807) is 0 Å². The molecule has 0 amide bonds. The minimum Gasteiger partial charge on any atom is -0.333 e. The largest absolute Gasteiger partial charge is 0.333 e. The van der Waals surface area contributed by atoms with Gasteiger partial charge in [-0.3, -0.25) is 0 Å². The number of imidazole rings is 1. The fourth-order valence-electron chi connectivity index (χ4n) is 1.64. The summed E-state index contributed by atoms with van der Waals surface area (Å²) in [6, 6.07) is 0. The quantitative estimate of drug-likeness (QED) is 0.883. The molecule has 0 saturated carbocycles. The highest BCUT2D eigenvalue weighted by Gasteiger charge is 2.23. The zero-order valence-electron chi connectivity index (χ0n) is 9.48. The summed E-state index contributed by atoms with van der Waals surface area (Å²) in [6.45, 7) is 7.37. The lowest BCUT2D eigenvalue weighted by molar-refractivity contribution is 0.531. The number of aromatic nitrogens is 2. The van der Waals surface area contributed by atoms with Crippen LogP contribution in [0.1, 0.15) is 32.3 Å². The predicted octanol–water partition coefficient (Wildman–Crippen LogP) is 2.20. The van der Waals surface area contributed by atoms with Gasteiger partial charge in [0.25, 0.3) is 0 Å². The van der Waals surface area contributed by atoms with Crippen LogP contribution in [0.15, 0.2) is 4.60 Å². The zero-order valence-corrected chi connectivity index (χ0v) is 11.1. The minimum absolute atomic E-state index is 0.118. The molecule has 0 spiro atoms. The third-order valence-electron chi connectivity index (χ3n) is 2.19. The van der Waals surface area contributed by atoms with Crippen LogP contribution >= 0.6 is 15.9 Å². The van der Waals surface area contributed by atoms with Gasteiger partial charge in [0.15, 0.2) is 0 Å². The Bertz CT molecular complexity index is 323. The fourth-order valence-corrected chi connectivity index (χ4v) is 2.70. The highest BCUT2D eigenvalue weighted by molar-refractivity contribution is 9.10. The first-order valence-corrected chi connectivity index (χ1v) is 5.53. The van der Waals surface area contributed by atoms with Crippen molar-refractivity contribution in [2.24, 2.45) is 7.05 Å². The molecular formula is C10H18BrN3. The summed E-state index contributed by atoms with van der Waals surface area (Å²) in [6.07, 6.45) is 0. The Kier molecular flexibility index (Phi) is 3.37. The first-order chi connectivity index (χ1) is 6.38. The van der Waals surface area contributed by atoms with E-state index in [1.165, 1.54) is 5.69 Å². The number of nitrogens with one attached hydrogen (secondary N) is 1. The first kappa shape index (κ1) is 11.7. The highest BCUT2D eigenvalue weighted by atomic mass is 79.9. The van der Waals surface area contributed by atoms with Gasteiger partial charge < -0.3 is 9.88 Å². The lowest BCUT2D eigenvalue weighted by atomic mass is 9.93. The van der Waals surface area contributed by atoms with Crippen molar-refractivity contribution in [2.45, 2.75) is 32.7 Å². The van der Waals surface area contributed by atoms with Crippen molar-refractivity contribution >= 4 is 15.9 Å². The number of nitrogens with zero attached hydrogens (tertiary/aromatic N) is 2. The topological polar surface area (TPSA) is 29.9 Å². The molecule has 0 aliphatic carbocycles. The Morgan fingerprint density at radius 2 is 2.00 bits per heavy atom. The van der Waals surface area contributed by atoms with E-state index in [0.717, 1.165) is 17.0 Å². The zero-order chi connectivity index (χ0) is 10.9. The van der Waals surface area contributed by atoms with Crippen molar-refractivity contribution in [1.29, 1.82) is 0 Å². The normalized spacial score (nSPS) is 12.1. The third kappa shape index (κ3) is 2.17. The monoisotopic (exact) mass is 259 g/mol. The van der Waals surface area contributed by atoms with Crippen LogP contribution in [0.5, 0.6) is 0 Å². The average Bonchev–Trinajstić information content (AvgIpc) is 2.26. The smallest absolute Gasteiger partial charge is 0.128 e. The predicted molar refractivity (Wildman–Crippen MR) is 62.4 cm³/mol. The standard InChI is InChI=1S/C10H18BrN3/c1-10(2,3)8-9(11)13-7(6-12-4)14(8)5/h12H,6H2,1-5H3. The molecule has 0 aliphatic rings. The second-order valence-electron chi connectivity index (χ2n) is 4.51. The van der Waals surface area contributed by atoms with Gasteiger partial charge in [0.2, 0.25) is 0 Å². The van der Waals surface area contributed by atoms with Gasteiger partial charge in [0, 0.05) is 12.5 Å². The van der Waals surface area contributed by atoms with E-state index >= 15 is 0 Å². The lowest BCUT2D eigenvalue weighted by Crippen LogP contribution is -2.18. The molecule has 0 aliphatic heterocycles. The van der Waals surface area contributed by atoms with Gasteiger partial charge in [0.1, 0.15) is 10.4 Å². The van der Waals surface area contributed by atoms with E-state index in [-0.39, 0.29) is 5.41 Å². The lowest BCUT2D eigenvalue weighted by Gasteiger charge is -2.20. The van der Waals surface area contributed by atoms with Gasteiger partial charge >= 0.3 is 0 Å². The van der Waals surface area contributed by atoms with E-state index in [1.807, 2.05) is 7.05 Å². The molecule has 0 fully saturated rings. The van der Waals surface area contributed by atoms with Gasteiger partial charge in [-0.1, -0.05) is 20.8 Å². The molecule has 0 aromatic carbocycles. The maximum Gasteiger partial charge on any atom is 0.128 e. The Morgan fingerprint density at radius 3 is 2.36 bits per heavy atom. The first-order valence-electron chi connectivity index (χ1n) is 4.74. The van der Waals surface area contributed by atoms with Crippen molar-refractivity contribution < 1.29 is 0 Å². The number of hydrogen-bond acceptors (Lipinski definition) is 2. The van der Waals surface area contributed by atoms with Gasteiger partial charge in [0.05, 0.1) is 12.2 Å². The molecule has 1 N–H and O–H groups in total. The minimum atomic E-state index is 0.118. The molecule has 0 saturated heterocycles. The number of halogens is 1. The molecule has 0 atom stereocenters. The molecule has 14 heavy (non-hydrogen) atoms. The molecule has 0 bridgehead atoms. The van der Waals surface area contributed by atoms with Crippen LogP contribution in [0.2, 0.25) is 0 Å². The summed E-state index contributed by atoms with van der Waals surface area (Å²) >= 11 is 3.51. The van der Waals surface area contributed by atoms with Crippen LogP contribution in [0.4, 0.5) is 0 Å². The summed E-state index contributed by atoms with van der Waals surface area (Å²) in [5.41, 5.74) is 1.36. The Balaban J connectivity index is 3.18. The van der Waals surface area contributed by atoms with E-state index < -0.39 is 0 Å². The van der Waals surface area contributed by atoms with E-state index in [2.05, 4.69) is 58.6 Å². The SMILES string of the molecule is CNCc1nc(Br)c(C(C)(C)C)n1C. The van der Waals surface area contributed by atoms with E-state index in [0.29, 0.717) is 0 Å². The molecule has 4 heteroatoms. The second kappa shape index (κ2) is 4.03. The molecule has 1 rings (SSSR count). The van der Waals surface area contributed by atoms with Crippen molar-refractivity contribution in [3.63, 3.8) is 0 Å². The van der Waals surface area contributed by atoms with Gasteiger partial charge in [-0.25, -0.2) is 4.98 Å². The maximum absolute atomic E-state index is 4.48. The number of hydrogen-bond donors (Lipinski definition) is 1. The van der Waals surface area contributed by atoms with Crippen molar-refractivity contribution in [2.75, 3.05) is 7.05 Å². The number of rotatable bonds is 2. The van der Waals surface area contributed by atoms with Gasteiger partial charge in [-0.15, -0.1) is 0 Å². The maximum atomic E-state index is 4.48. The van der Waals surface area contributed by atoms with Crippen LogP contribution in [0, 0.1) is 0 Å². The molecule has 80 valence electrons. The van der Waals surface area contributed by atoms with Crippen molar-refractivity contribution in [1.82, 2.24) is 14.9 Å². The van der Waals surface area contributed by atoms with Gasteiger partial charge in [-0.05, 0) is 23.0 Å². The fraction of sp³-hybridized carbons (Fsp3) is 0.700. The van der Waals surface area contributed by atoms with Crippen LogP contribution in [-0.2, 0) is 19.0 Å². The Labute approximate surface area is 94.0 Å². The summed E-state index contributed by atoms with van der Waals surface area (Å²) in [4.78, 5) is 4.48. The summed E-state index contributed by atoms with van der Waals surface area (Å²) < 4.78 is 3.11. The molecule has 3 nitrogen and oxygen atoms in total. The molecule has 1 aromatic rings. The molecular weight excluding hydrogens is 242 g/mol. The van der Waals surface area contributed by atoms with Gasteiger partial charge in [-0.2, -0.15) is 0 Å². The summed E-state index contributed by atoms with van der Waals surface area (Å²) in [5, 5.41) is 3.11. The van der Waals surface area contributed by atoms with E-state index in [4.69, 9.17) is 0 Å². The second-order valence-corrected chi connectivity index (χ2v) is 5.26. The molecule has 1 aromatic heterocycles. The van der Waals surface area contributed by atoms with Crippen molar-refractivity contribution in [3.8, 4) is 0 Å². The highest BCUT2D eigenvalue weighted by Crippen LogP contribution is 2.29. The Hall–Kier alpha value is -0.350. The van der Waals surface area contributed by atoms with Crippen LogP contribution in [0.25, 0.3) is 0 Å². The summed E-state index contributed by atoms with van der Waals surface area (Å²) in [5.74, 6) is 1.06. The van der Waals surface area contributed by atoms with Crippen molar-refractivity contribution in [3.05, 3.63) is 16.1 Å². The molecule has 0 unspecified atom stereocenters. The Morgan fingerprint density at radius 1 is 1.43 bits per heavy atom. The molecule has 1 heterocycles. The third-order valence-corrected chi connectivity index (χ3v) is 2.74.